The van der Waals surface area contributed by atoms with Gasteiger partial charge in [-0.25, -0.2) is 19.6 Å². The molecule has 9 heterocycles. The highest BCUT2D eigenvalue weighted by atomic mass is 16.6. The maximum atomic E-state index is 13.8. The molecule has 0 bridgehead atoms. The van der Waals surface area contributed by atoms with Crippen molar-refractivity contribution in [3.05, 3.63) is 127 Å². The molecular weight excluding hydrogens is 1690 g/mol. The Morgan fingerprint density at radius 3 is 1.35 bits per heavy atom. The molecule has 13 rings (SSSR count). The van der Waals surface area contributed by atoms with Crippen LogP contribution in [0.2, 0.25) is 0 Å². The van der Waals surface area contributed by atoms with Gasteiger partial charge < -0.3 is 115 Å². The highest BCUT2D eigenvalue weighted by Gasteiger charge is 2.53. The van der Waals surface area contributed by atoms with Crippen LogP contribution in [0.5, 0.6) is 0 Å². The third-order valence-corrected chi connectivity index (χ3v) is 25.3. The van der Waals surface area contributed by atoms with E-state index in [0.29, 0.717) is 60.1 Å². The molecule has 4 aromatic heterocycles. The van der Waals surface area contributed by atoms with Crippen molar-refractivity contribution in [1.82, 2.24) is 56.3 Å². The van der Waals surface area contributed by atoms with Gasteiger partial charge in [-0.05, 0) is 140 Å². The molecular formula is C92H112N12O26-4. The number of benzene rings is 2. The van der Waals surface area contributed by atoms with E-state index in [-0.39, 0.29) is 161 Å². The van der Waals surface area contributed by atoms with Gasteiger partial charge in [0.25, 0.3) is 11.1 Å². The summed E-state index contributed by atoms with van der Waals surface area (Å²) >= 11 is 0. The van der Waals surface area contributed by atoms with Crippen molar-refractivity contribution in [2.45, 2.75) is 220 Å². The lowest BCUT2D eigenvalue weighted by Crippen LogP contribution is -2.49. The number of likely N-dealkylation sites (N-methyl/N-ethyl adjacent to an activating group) is 1. The number of ether oxygens (including phenoxy) is 5. The third-order valence-electron chi connectivity index (χ3n) is 25.3. The van der Waals surface area contributed by atoms with E-state index in [2.05, 4.69) is 42.0 Å². The van der Waals surface area contributed by atoms with E-state index >= 15 is 0 Å². The van der Waals surface area contributed by atoms with E-state index in [1.54, 1.807) is 65.3 Å². The Morgan fingerprint density at radius 1 is 0.531 bits per heavy atom. The quantitative estimate of drug-likeness (QED) is 0.0144. The number of carboxylic acids is 4. The number of aromatic nitrogens is 4. The Kier molecular flexibility index (Phi) is 34.4. The normalized spacial score (nSPS) is 19.4. The average molecular weight is 1800 g/mol. The van der Waals surface area contributed by atoms with Gasteiger partial charge in [0.05, 0.1) is 96.0 Å². The summed E-state index contributed by atoms with van der Waals surface area (Å²) in [5.41, 5.74) is 6.76. The van der Waals surface area contributed by atoms with Crippen molar-refractivity contribution < 1.29 is 116 Å². The van der Waals surface area contributed by atoms with Gasteiger partial charge in [0, 0.05) is 105 Å². The molecule has 38 nitrogen and oxygen atoms in total. The van der Waals surface area contributed by atoms with E-state index in [0.717, 1.165) is 46.7 Å². The maximum Gasteiger partial charge on any atom is 0.355 e. The number of nitrogens with two attached hydrogens (primary N) is 1. The number of carboxylic acid groups (broad SMARTS) is 4. The number of esters is 6. The smallest absolute Gasteiger partial charge is 0.355 e. The molecule has 5 amide bonds. The van der Waals surface area contributed by atoms with Crippen LogP contribution in [-0.2, 0) is 133 Å². The van der Waals surface area contributed by atoms with Crippen LogP contribution in [0.4, 0.5) is 0 Å². The van der Waals surface area contributed by atoms with Gasteiger partial charge in [0.1, 0.15) is 26.3 Å². The van der Waals surface area contributed by atoms with E-state index in [1.807, 2.05) is 67.6 Å². The van der Waals surface area contributed by atoms with Gasteiger partial charge in [-0.1, -0.05) is 110 Å². The first-order valence-electron chi connectivity index (χ1n) is 44.2. The Morgan fingerprint density at radius 2 is 0.946 bits per heavy atom. The predicted molar refractivity (Wildman–Crippen MR) is 456 cm³/mol. The van der Waals surface area contributed by atoms with Crippen LogP contribution in [0.1, 0.15) is 197 Å². The molecule has 1 saturated heterocycles. The number of nitrogens with one attached hydrogen (secondary N) is 7. The minimum Gasteiger partial charge on any atom is -0.550 e. The fourth-order valence-corrected chi connectivity index (χ4v) is 17.1. The van der Waals surface area contributed by atoms with Crippen molar-refractivity contribution in [3.8, 4) is 22.8 Å². The summed E-state index contributed by atoms with van der Waals surface area (Å²) in [5.74, 6) is -21.1. The van der Waals surface area contributed by atoms with Gasteiger partial charge >= 0.3 is 35.8 Å². The molecule has 0 spiro atoms. The highest BCUT2D eigenvalue weighted by Crippen LogP contribution is 2.44. The van der Waals surface area contributed by atoms with Gasteiger partial charge in [-0.3, -0.25) is 52.7 Å². The van der Waals surface area contributed by atoms with Gasteiger partial charge in [0.2, 0.25) is 40.7 Å². The number of cyclic esters (lactones) is 4. The number of carbonyl (C=O) groups excluding carboxylic acids is 15. The number of rotatable bonds is 39. The molecule has 5 aliphatic heterocycles. The van der Waals surface area contributed by atoms with E-state index in [1.165, 1.54) is 23.8 Å². The van der Waals surface area contributed by atoms with Crippen LogP contribution < -0.4 is 74.5 Å². The summed E-state index contributed by atoms with van der Waals surface area (Å²) in [4.78, 5) is 223. The summed E-state index contributed by atoms with van der Waals surface area (Å²) in [6, 6.07) is 22.1. The number of amides is 5. The van der Waals surface area contributed by atoms with Gasteiger partial charge in [-0.15, -0.1) is 0 Å². The Labute approximate surface area is 748 Å². The molecule has 11 atom stereocenters. The van der Waals surface area contributed by atoms with Crippen LogP contribution in [0, 0.1) is 47.3 Å². The molecule has 3 fully saturated rings. The van der Waals surface area contributed by atoms with E-state index in [9.17, 15) is 102 Å². The van der Waals surface area contributed by atoms with Crippen molar-refractivity contribution in [1.29, 1.82) is 0 Å². The average Bonchev–Trinajstić information content (AvgIpc) is 1.54. The summed E-state index contributed by atoms with van der Waals surface area (Å²) in [6.45, 7) is 9.35. The highest BCUT2D eigenvalue weighted by molar-refractivity contribution is 5.97. The van der Waals surface area contributed by atoms with Crippen LogP contribution in [0.3, 0.4) is 0 Å². The summed E-state index contributed by atoms with van der Waals surface area (Å²) in [6.07, 6.45) is 7.47. The second-order valence-electron chi connectivity index (χ2n) is 33.8. The SMILES string of the molecule is CCCC(C(=O)[O-])C(CCCC(C(=O)[O-])C(CCCC(C(=O)[O-])C(C)C(C)NCC(=O)NCC(=O)NCC(=O)O[C@]1(CC)C(=O)OCc2c1cc1n(c2=O)Cc2cc3ccccc3nc2-1)C(=O)NC1CCC1)C(=O)[O-].CCCC1C(=O)OC(=O)C1C.CC[C@@]1(OC(=O)CNC(=O)CNC(=O)CNC)C(=O)OCc2c1cc1n(c2=O)Cc2cc3ccccc3nc2-1.NC1CCC1. The molecule has 2 aliphatic carbocycles. The maximum absolute atomic E-state index is 13.8. The summed E-state index contributed by atoms with van der Waals surface area (Å²) in [7, 11) is 1.59. The molecule has 700 valence electrons. The molecule has 38 heteroatoms. The Bertz CT molecular complexity index is 5430. The molecule has 9 unspecified atom stereocenters. The molecule has 7 aliphatic rings. The number of hydrogen-bond acceptors (Lipinski definition) is 31. The standard InChI is InChI=1S/C53H68N6O16.C27H27N5O7.C8H12O3.C4H9N/c1-5-12-35(49(67)68)37(51(71)72)19-11-18-36(50(69)70)34(46(63)57-32-14-9-15-32)17-10-16-33(48(65)66)28(3)29(4)54-23-42(60)55-24-43(61)56-25-44(62)75-53(6-2)39-22-41-45-31(21-30-13-7-8-20-40(30)58-45)26-59(41)47(64)38(39)27-74-52(53)73;1-3-27(39-23(35)12-30-22(34)11-29-21(33)10-28-2)18-9-20-24-16(8-15-6-4-5-7-19(15)31-24)13-32(20)25(36)17(18)14-38-26(27)37;1-3-4-6-5(2)7(9)11-8(6)10;5-4-2-1-3-4/h7-8,13,20-22,28-29,32-37,54H,5-6,9-12,14-19,23-27H2,1-4H3,(H,55,60)(H,56,61)(H,57,63)(H,65,66)(H,67,68)(H,69,70)(H,71,72);4-9,28H,3,10-14H2,1-2H3,(H,29,33)(H,30,34);5-6H,3-4H2,1-2H3;4H,1-3,5H2/p-4/t28?,29?,33?,34?,35?,36?,37?,53-;27-;;/m00../s1. The topological polar surface area (TPSA) is 574 Å². The zero-order valence-corrected chi connectivity index (χ0v) is 74.1. The number of nitrogens with zero attached hydrogens (tertiary/aromatic N) is 4. The van der Waals surface area contributed by atoms with Crippen LogP contribution in [-0.4, -0.2) is 173 Å². The van der Waals surface area contributed by atoms with Crippen LogP contribution >= 0.6 is 0 Å². The molecule has 2 aromatic carbocycles. The molecule has 130 heavy (non-hydrogen) atoms. The first-order valence-corrected chi connectivity index (χ1v) is 44.2. The number of fused-ring (bicyclic) bond motifs is 10. The van der Waals surface area contributed by atoms with E-state index in [4.69, 9.17) is 34.6 Å². The van der Waals surface area contributed by atoms with Gasteiger partial charge in [-0.2, -0.15) is 0 Å². The first kappa shape index (κ1) is 99.5. The van der Waals surface area contributed by atoms with Crippen LogP contribution in [0.25, 0.3) is 44.6 Å². The molecule has 2 saturated carbocycles. The monoisotopic (exact) mass is 1800 g/mol. The minimum atomic E-state index is -2.01. The van der Waals surface area contributed by atoms with Crippen molar-refractivity contribution in [2.24, 2.45) is 53.1 Å². The number of pyridine rings is 4. The van der Waals surface area contributed by atoms with E-state index < -0.39 is 149 Å². The zero-order valence-electron chi connectivity index (χ0n) is 74.1. The van der Waals surface area contributed by atoms with Crippen molar-refractivity contribution in [2.75, 3.05) is 46.3 Å². The van der Waals surface area contributed by atoms with Crippen molar-refractivity contribution in [3.63, 3.8) is 0 Å². The Hall–Kier alpha value is -12.7. The lowest BCUT2D eigenvalue weighted by Gasteiger charge is -2.35. The minimum absolute atomic E-state index is 0.000502. The van der Waals surface area contributed by atoms with Crippen molar-refractivity contribution >= 4 is 111 Å². The molecule has 9 N–H and O–H groups in total. The summed E-state index contributed by atoms with van der Waals surface area (Å²) in [5, 5.41) is 68.4. The second-order valence-corrected chi connectivity index (χ2v) is 33.8. The van der Waals surface area contributed by atoms with Crippen LogP contribution in [0.15, 0.2) is 82.4 Å². The summed E-state index contributed by atoms with van der Waals surface area (Å²) < 4.78 is 29.7. The number of carbonyl (C=O) groups is 15. The Balaban J connectivity index is 0.000000260. The molecule has 6 aromatic rings. The first-order chi connectivity index (χ1) is 62.0. The fourth-order valence-electron chi connectivity index (χ4n) is 17.1. The van der Waals surface area contributed by atoms with Gasteiger partial charge in [0.15, 0.2) is 0 Å². The second kappa shape index (κ2) is 45.0. The number of aliphatic carboxylic acids is 4. The lowest BCUT2D eigenvalue weighted by molar-refractivity contribution is -0.327. The zero-order chi connectivity index (χ0) is 94.6. The fraction of sp³-hybridized carbons (Fsp3) is 0.533. The lowest BCUT2D eigenvalue weighted by atomic mass is 9.78. The third kappa shape index (κ3) is 23.5. The molecule has 0 radical (unpaired) electrons. The number of para-hydroxylation sites is 2. The predicted octanol–water partition coefficient (Wildman–Crippen LogP) is 0.0692. The number of hydrogen-bond donors (Lipinski definition) is 8. The largest absolute Gasteiger partial charge is 0.550 e.